The van der Waals surface area contributed by atoms with Gasteiger partial charge in [0.05, 0.1) is 13.2 Å². The van der Waals surface area contributed by atoms with E-state index in [1.807, 2.05) is 0 Å². The number of nitrogens with zero attached hydrogens (tertiary/aromatic N) is 1. The molecular weight excluding hydrogens is 264 g/mol. The first-order valence-corrected chi connectivity index (χ1v) is 7.62. The van der Waals surface area contributed by atoms with Crippen molar-refractivity contribution in [3.05, 3.63) is 35.4 Å². The molecular formula is C17H30N2O2. The summed E-state index contributed by atoms with van der Waals surface area (Å²) in [6, 6.07) is 8.92. The van der Waals surface area contributed by atoms with Gasteiger partial charge in [0, 0.05) is 39.4 Å². The Balaban J connectivity index is 2.52. The van der Waals surface area contributed by atoms with E-state index in [0.717, 1.165) is 32.7 Å². The summed E-state index contributed by atoms with van der Waals surface area (Å²) in [5.74, 6) is 0. The van der Waals surface area contributed by atoms with Gasteiger partial charge in [0.2, 0.25) is 0 Å². The van der Waals surface area contributed by atoms with Crippen molar-refractivity contribution in [3.63, 3.8) is 0 Å². The van der Waals surface area contributed by atoms with Crippen LogP contribution in [0.1, 0.15) is 30.5 Å². The molecule has 0 fully saturated rings. The second-order valence-electron chi connectivity index (χ2n) is 5.64. The number of methoxy groups -OCH3 is 2. The smallest absolute Gasteiger partial charge is 0.0615 e. The lowest BCUT2D eigenvalue weighted by molar-refractivity contribution is 0.0732. The maximum absolute atomic E-state index is 6.31. The molecule has 0 aliphatic carbocycles. The minimum atomic E-state index is 0.0744. The number of hydrogen-bond acceptors (Lipinski definition) is 4. The van der Waals surface area contributed by atoms with Crippen LogP contribution in [0, 0.1) is 6.92 Å². The predicted molar refractivity (Wildman–Crippen MR) is 87.5 cm³/mol. The Labute approximate surface area is 129 Å². The summed E-state index contributed by atoms with van der Waals surface area (Å²) >= 11 is 0. The molecule has 0 aliphatic rings. The van der Waals surface area contributed by atoms with Gasteiger partial charge in [-0.1, -0.05) is 29.8 Å². The molecule has 1 rings (SSSR count). The summed E-state index contributed by atoms with van der Waals surface area (Å²) in [6.45, 7) is 7.58. The third-order valence-electron chi connectivity index (χ3n) is 3.85. The quantitative estimate of drug-likeness (QED) is 0.720. The van der Waals surface area contributed by atoms with Gasteiger partial charge < -0.3 is 15.2 Å². The summed E-state index contributed by atoms with van der Waals surface area (Å²) in [4.78, 5) is 2.38. The molecule has 1 aromatic carbocycles. The summed E-state index contributed by atoms with van der Waals surface area (Å²) in [5, 5.41) is 0. The predicted octanol–water partition coefficient (Wildman–Crippen LogP) is 2.37. The van der Waals surface area contributed by atoms with Gasteiger partial charge in [0.25, 0.3) is 0 Å². The van der Waals surface area contributed by atoms with E-state index in [-0.39, 0.29) is 6.04 Å². The van der Waals surface area contributed by atoms with Crippen LogP contribution < -0.4 is 5.73 Å². The van der Waals surface area contributed by atoms with Gasteiger partial charge in [-0.05, 0) is 25.8 Å². The van der Waals surface area contributed by atoms with Gasteiger partial charge in [0.1, 0.15) is 0 Å². The molecule has 1 aromatic rings. The minimum Gasteiger partial charge on any atom is -0.383 e. The van der Waals surface area contributed by atoms with Crippen LogP contribution in [0.3, 0.4) is 0 Å². The molecule has 120 valence electrons. The van der Waals surface area contributed by atoms with Gasteiger partial charge in [-0.15, -0.1) is 0 Å². The number of nitrogens with two attached hydrogens (primary N) is 1. The first-order chi connectivity index (χ1) is 10.1. The monoisotopic (exact) mass is 294 g/mol. The zero-order chi connectivity index (χ0) is 15.7. The molecule has 0 aliphatic heterocycles. The molecule has 21 heavy (non-hydrogen) atoms. The van der Waals surface area contributed by atoms with Crippen LogP contribution in [0.2, 0.25) is 0 Å². The van der Waals surface area contributed by atoms with Gasteiger partial charge in [-0.3, -0.25) is 4.90 Å². The van der Waals surface area contributed by atoms with Crippen molar-refractivity contribution in [1.82, 2.24) is 4.90 Å². The van der Waals surface area contributed by atoms with Gasteiger partial charge in [-0.25, -0.2) is 0 Å². The van der Waals surface area contributed by atoms with Crippen LogP contribution in [0.4, 0.5) is 0 Å². The highest BCUT2D eigenvalue weighted by atomic mass is 16.5. The van der Waals surface area contributed by atoms with E-state index in [9.17, 15) is 0 Å². The molecule has 0 heterocycles. The highest BCUT2D eigenvalue weighted by molar-refractivity contribution is 5.23. The SMILES string of the molecule is COCCN(CCC(N)c1ccc(C)cc1)C(C)COC. The molecule has 0 aromatic heterocycles. The van der Waals surface area contributed by atoms with E-state index < -0.39 is 0 Å². The van der Waals surface area contributed by atoms with Crippen LogP contribution in [0.5, 0.6) is 0 Å². The maximum atomic E-state index is 6.31. The molecule has 0 saturated heterocycles. The average Bonchev–Trinajstić information content (AvgIpc) is 2.48. The molecule has 4 heteroatoms. The maximum Gasteiger partial charge on any atom is 0.0615 e. The highest BCUT2D eigenvalue weighted by Gasteiger charge is 2.15. The number of aryl methyl sites for hydroxylation is 1. The lowest BCUT2D eigenvalue weighted by atomic mass is 10.0. The molecule has 0 saturated carbocycles. The Bertz CT molecular complexity index is 381. The van der Waals surface area contributed by atoms with Crippen molar-refractivity contribution >= 4 is 0 Å². The summed E-state index contributed by atoms with van der Waals surface area (Å²) < 4.78 is 10.4. The minimum absolute atomic E-state index is 0.0744. The van der Waals surface area contributed by atoms with Crippen molar-refractivity contribution in [2.45, 2.75) is 32.4 Å². The van der Waals surface area contributed by atoms with Crippen LogP contribution in [-0.2, 0) is 9.47 Å². The first kappa shape index (κ1) is 18.1. The average molecular weight is 294 g/mol. The molecule has 0 amide bonds. The Kier molecular flexibility index (Phi) is 8.54. The van der Waals surface area contributed by atoms with Crippen LogP contribution >= 0.6 is 0 Å². The first-order valence-electron chi connectivity index (χ1n) is 7.62. The second-order valence-corrected chi connectivity index (χ2v) is 5.64. The van der Waals surface area contributed by atoms with Crippen molar-refractivity contribution in [3.8, 4) is 0 Å². The lowest BCUT2D eigenvalue weighted by Crippen LogP contribution is -2.40. The number of rotatable bonds is 10. The van der Waals surface area contributed by atoms with Gasteiger partial charge >= 0.3 is 0 Å². The summed E-state index contributed by atoms with van der Waals surface area (Å²) in [5.41, 5.74) is 8.77. The fourth-order valence-corrected chi connectivity index (χ4v) is 2.39. The lowest BCUT2D eigenvalue weighted by Gasteiger charge is -2.29. The van der Waals surface area contributed by atoms with Crippen LogP contribution in [0.25, 0.3) is 0 Å². The molecule has 2 N–H and O–H groups in total. The van der Waals surface area contributed by atoms with Gasteiger partial charge in [0.15, 0.2) is 0 Å². The Hall–Kier alpha value is -0.940. The van der Waals surface area contributed by atoms with E-state index in [1.165, 1.54) is 11.1 Å². The molecule has 2 atom stereocenters. The van der Waals surface area contributed by atoms with E-state index in [4.69, 9.17) is 15.2 Å². The Morgan fingerprint density at radius 1 is 1.10 bits per heavy atom. The topological polar surface area (TPSA) is 47.7 Å². The second kappa shape index (κ2) is 9.90. The number of benzene rings is 1. The van der Waals surface area contributed by atoms with Crippen molar-refractivity contribution in [2.24, 2.45) is 5.73 Å². The normalized spacial score (nSPS) is 14.4. The summed E-state index contributed by atoms with van der Waals surface area (Å²) in [6.07, 6.45) is 0.931. The molecule has 0 spiro atoms. The fourth-order valence-electron chi connectivity index (χ4n) is 2.39. The van der Waals surface area contributed by atoms with Crippen LogP contribution in [-0.4, -0.2) is 51.5 Å². The van der Waals surface area contributed by atoms with Crippen LogP contribution in [0.15, 0.2) is 24.3 Å². The highest BCUT2D eigenvalue weighted by Crippen LogP contribution is 2.16. The van der Waals surface area contributed by atoms with E-state index in [1.54, 1.807) is 14.2 Å². The van der Waals surface area contributed by atoms with Crippen molar-refractivity contribution in [1.29, 1.82) is 0 Å². The third kappa shape index (κ3) is 6.57. The van der Waals surface area contributed by atoms with Crippen molar-refractivity contribution < 1.29 is 9.47 Å². The van der Waals surface area contributed by atoms with Gasteiger partial charge in [-0.2, -0.15) is 0 Å². The molecule has 4 nitrogen and oxygen atoms in total. The number of ether oxygens (including phenoxy) is 2. The van der Waals surface area contributed by atoms with E-state index in [0.29, 0.717) is 6.04 Å². The Morgan fingerprint density at radius 3 is 2.33 bits per heavy atom. The fraction of sp³-hybridized carbons (Fsp3) is 0.647. The third-order valence-corrected chi connectivity index (χ3v) is 3.85. The largest absolute Gasteiger partial charge is 0.383 e. The van der Waals surface area contributed by atoms with E-state index >= 15 is 0 Å². The Morgan fingerprint density at radius 2 is 1.76 bits per heavy atom. The zero-order valence-electron chi connectivity index (χ0n) is 13.8. The molecule has 0 bridgehead atoms. The zero-order valence-corrected chi connectivity index (χ0v) is 13.8. The van der Waals surface area contributed by atoms with Crippen molar-refractivity contribution in [2.75, 3.05) is 40.5 Å². The summed E-state index contributed by atoms with van der Waals surface area (Å²) in [7, 11) is 3.47. The number of hydrogen-bond donors (Lipinski definition) is 1. The standard InChI is InChI=1S/C17H30N2O2/c1-14-5-7-16(8-6-14)17(18)9-10-19(11-12-20-3)15(2)13-21-4/h5-8,15,17H,9-13,18H2,1-4H3. The molecule has 2 unspecified atom stereocenters. The molecule has 0 radical (unpaired) electrons. The van der Waals surface area contributed by atoms with E-state index in [2.05, 4.69) is 43.0 Å².